The van der Waals surface area contributed by atoms with Crippen molar-refractivity contribution in [2.24, 2.45) is 11.0 Å². The van der Waals surface area contributed by atoms with E-state index >= 15 is 0 Å². The molecule has 0 aromatic heterocycles. The van der Waals surface area contributed by atoms with Crippen LogP contribution in [0, 0.1) is 16.0 Å². The molecular weight excluding hydrogens is 342 g/mol. The average molecular weight is 365 g/mol. The van der Waals surface area contributed by atoms with Crippen molar-refractivity contribution in [1.29, 1.82) is 0 Å². The van der Waals surface area contributed by atoms with E-state index < -0.39 is 4.92 Å². The van der Waals surface area contributed by atoms with Crippen LogP contribution in [0.3, 0.4) is 0 Å². The maximum Gasteiger partial charge on any atom is 0.278 e. The topological polar surface area (TPSA) is 84.6 Å². The van der Waals surface area contributed by atoms with Gasteiger partial charge in [-0.2, -0.15) is 5.10 Å². The number of rotatable bonds is 5. The standard InChI is InChI=1S/C21H23N3O3/c1-21(2,3)16-10-8-14(9-11-16)17-12-18(17)20(25)23-22-13-15-6-4-5-7-19(15)24(26)27/h4-11,13,17-18H,12H2,1-3H3,(H,23,25)/b22-13-/t17-,18+/m0/s1. The molecule has 6 nitrogen and oxygen atoms in total. The molecule has 0 heterocycles. The fourth-order valence-corrected chi connectivity index (χ4v) is 3.09. The average Bonchev–Trinajstić information content (AvgIpc) is 3.42. The van der Waals surface area contributed by atoms with Gasteiger partial charge in [-0.05, 0) is 34.9 Å². The number of amides is 1. The normalized spacial score (nSPS) is 19.1. The summed E-state index contributed by atoms with van der Waals surface area (Å²) in [6, 6.07) is 14.7. The van der Waals surface area contributed by atoms with Crippen molar-refractivity contribution >= 4 is 17.8 Å². The third-order valence-electron chi connectivity index (χ3n) is 4.84. The van der Waals surface area contributed by atoms with E-state index in [1.807, 2.05) is 0 Å². The van der Waals surface area contributed by atoms with E-state index in [-0.39, 0.29) is 28.8 Å². The lowest BCUT2D eigenvalue weighted by Gasteiger charge is -2.19. The zero-order valence-corrected chi connectivity index (χ0v) is 15.7. The number of nitro benzene ring substituents is 1. The predicted octanol–water partition coefficient (Wildman–Crippen LogP) is 4.15. The summed E-state index contributed by atoms with van der Waals surface area (Å²) in [6.45, 7) is 6.51. The van der Waals surface area contributed by atoms with Gasteiger partial charge in [0.15, 0.2) is 0 Å². The molecule has 1 aliphatic rings. The molecule has 1 amide bonds. The van der Waals surface area contributed by atoms with Crippen LogP contribution in [0.2, 0.25) is 0 Å². The fourth-order valence-electron chi connectivity index (χ4n) is 3.09. The van der Waals surface area contributed by atoms with E-state index in [0.29, 0.717) is 5.56 Å². The third kappa shape index (κ3) is 4.39. The highest BCUT2D eigenvalue weighted by Crippen LogP contribution is 2.47. The van der Waals surface area contributed by atoms with Crippen molar-refractivity contribution < 1.29 is 9.72 Å². The Labute approximate surface area is 158 Å². The van der Waals surface area contributed by atoms with E-state index in [1.54, 1.807) is 18.2 Å². The SMILES string of the molecule is CC(C)(C)c1ccc([C@@H]2C[C@H]2C(=O)N/N=C\c2ccccc2[N+](=O)[O-])cc1. The molecule has 0 unspecified atom stereocenters. The zero-order valence-electron chi connectivity index (χ0n) is 15.7. The molecule has 27 heavy (non-hydrogen) atoms. The Morgan fingerprint density at radius 3 is 2.48 bits per heavy atom. The van der Waals surface area contributed by atoms with Crippen molar-refractivity contribution in [2.75, 3.05) is 0 Å². The second-order valence-electron chi connectivity index (χ2n) is 7.87. The van der Waals surface area contributed by atoms with Gasteiger partial charge in [-0.3, -0.25) is 14.9 Å². The maximum atomic E-state index is 12.3. The Morgan fingerprint density at radius 1 is 1.19 bits per heavy atom. The van der Waals surface area contributed by atoms with Gasteiger partial charge < -0.3 is 0 Å². The molecule has 2 aromatic carbocycles. The van der Waals surface area contributed by atoms with Crippen LogP contribution in [0.15, 0.2) is 53.6 Å². The lowest BCUT2D eigenvalue weighted by atomic mass is 9.86. The number of carbonyl (C=O) groups is 1. The Bertz CT molecular complexity index is 882. The first kappa shape index (κ1) is 18.8. The van der Waals surface area contributed by atoms with Crippen LogP contribution < -0.4 is 5.43 Å². The minimum absolute atomic E-state index is 0.0428. The largest absolute Gasteiger partial charge is 0.278 e. The van der Waals surface area contributed by atoms with Gasteiger partial charge in [-0.25, -0.2) is 5.43 Å². The molecule has 0 radical (unpaired) electrons. The molecule has 140 valence electrons. The first-order valence-electron chi connectivity index (χ1n) is 8.94. The second kappa shape index (κ2) is 7.31. The lowest BCUT2D eigenvalue weighted by molar-refractivity contribution is -0.385. The highest BCUT2D eigenvalue weighted by atomic mass is 16.6. The molecule has 1 saturated carbocycles. The fraction of sp³-hybridized carbons (Fsp3) is 0.333. The van der Waals surface area contributed by atoms with Crippen LogP contribution in [0.4, 0.5) is 5.69 Å². The molecule has 2 atom stereocenters. The lowest BCUT2D eigenvalue weighted by Crippen LogP contribution is -2.20. The van der Waals surface area contributed by atoms with Gasteiger partial charge in [0.25, 0.3) is 5.69 Å². The molecule has 1 N–H and O–H groups in total. The number of hydrogen-bond donors (Lipinski definition) is 1. The second-order valence-corrected chi connectivity index (χ2v) is 7.87. The predicted molar refractivity (Wildman–Crippen MR) is 105 cm³/mol. The summed E-state index contributed by atoms with van der Waals surface area (Å²) in [5, 5.41) is 14.9. The molecule has 1 fully saturated rings. The number of hydrogen-bond acceptors (Lipinski definition) is 4. The molecule has 0 bridgehead atoms. The van der Waals surface area contributed by atoms with Crippen molar-refractivity contribution in [3.8, 4) is 0 Å². The number of carbonyl (C=O) groups excluding carboxylic acids is 1. The zero-order chi connectivity index (χ0) is 19.6. The minimum atomic E-state index is -0.471. The Balaban J connectivity index is 1.59. The van der Waals surface area contributed by atoms with Crippen LogP contribution in [-0.4, -0.2) is 17.0 Å². The highest BCUT2D eigenvalue weighted by molar-refractivity contribution is 5.88. The van der Waals surface area contributed by atoms with Crippen molar-refractivity contribution in [2.45, 2.75) is 38.5 Å². The van der Waals surface area contributed by atoms with Gasteiger partial charge in [0.1, 0.15) is 0 Å². The summed E-state index contributed by atoms with van der Waals surface area (Å²) in [7, 11) is 0. The molecule has 1 aliphatic carbocycles. The molecule has 6 heteroatoms. The van der Waals surface area contributed by atoms with Crippen LogP contribution >= 0.6 is 0 Å². The van der Waals surface area contributed by atoms with E-state index in [9.17, 15) is 14.9 Å². The van der Waals surface area contributed by atoms with Gasteiger partial charge in [-0.15, -0.1) is 0 Å². The summed E-state index contributed by atoms with van der Waals surface area (Å²) < 4.78 is 0. The number of nitrogens with zero attached hydrogens (tertiary/aromatic N) is 2. The van der Waals surface area contributed by atoms with Crippen LogP contribution in [0.5, 0.6) is 0 Å². The number of benzene rings is 2. The maximum absolute atomic E-state index is 12.3. The van der Waals surface area contributed by atoms with E-state index in [4.69, 9.17) is 0 Å². The molecule has 0 saturated heterocycles. The first-order chi connectivity index (χ1) is 12.8. The molecule has 3 rings (SSSR count). The number of hydrazone groups is 1. The quantitative estimate of drug-likeness (QED) is 0.491. The summed E-state index contributed by atoms with van der Waals surface area (Å²) >= 11 is 0. The van der Waals surface area contributed by atoms with E-state index in [2.05, 4.69) is 55.6 Å². The van der Waals surface area contributed by atoms with Crippen LogP contribution in [-0.2, 0) is 10.2 Å². The monoisotopic (exact) mass is 365 g/mol. The number of para-hydroxylation sites is 1. The van der Waals surface area contributed by atoms with Gasteiger partial charge in [0, 0.05) is 12.0 Å². The summed E-state index contributed by atoms with van der Waals surface area (Å²) in [6.07, 6.45) is 2.10. The van der Waals surface area contributed by atoms with Crippen molar-refractivity contribution in [3.63, 3.8) is 0 Å². The van der Waals surface area contributed by atoms with E-state index in [1.165, 1.54) is 17.8 Å². The third-order valence-corrected chi connectivity index (χ3v) is 4.84. The summed E-state index contributed by atoms with van der Waals surface area (Å²) in [4.78, 5) is 22.8. The van der Waals surface area contributed by atoms with Crippen LogP contribution in [0.1, 0.15) is 49.8 Å². The van der Waals surface area contributed by atoms with Gasteiger partial charge in [-0.1, -0.05) is 57.2 Å². The number of nitro groups is 1. The highest BCUT2D eigenvalue weighted by Gasteiger charge is 2.44. The van der Waals surface area contributed by atoms with E-state index in [0.717, 1.165) is 12.0 Å². The van der Waals surface area contributed by atoms with Gasteiger partial charge in [0.2, 0.25) is 5.91 Å². The summed E-state index contributed by atoms with van der Waals surface area (Å²) in [5.74, 6) is -0.0524. The minimum Gasteiger partial charge on any atom is -0.273 e. The Kier molecular flexibility index (Phi) is 5.08. The van der Waals surface area contributed by atoms with Crippen molar-refractivity contribution in [1.82, 2.24) is 5.43 Å². The van der Waals surface area contributed by atoms with Gasteiger partial charge in [0.05, 0.1) is 16.7 Å². The Hall–Kier alpha value is -3.02. The molecule has 2 aromatic rings. The smallest absolute Gasteiger partial charge is 0.273 e. The summed E-state index contributed by atoms with van der Waals surface area (Å²) in [5.41, 5.74) is 5.34. The Morgan fingerprint density at radius 2 is 1.85 bits per heavy atom. The van der Waals surface area contributed by atoms with Crippen LogP contribution in [0.25, 0.3) is 0 Å². The molecular formula is C21H23N3O3. The van der Waals surface area contributed by atoms with Crippen molar-refractivity contribution in [3.05, 3.63) is 75.3 Å². The van der Waals surface area contributed by atoms with Gasteiger partial charge >= 0.3 is 0 Å². The first-order valence-corrected chi connectivity index (χ1v) is 8.94. The molecule has 0 spiro atoms. The number of nitrogens with one attached hydrogen (secondary N) is 1. The molecule has 0 aliphatic heterocycles.